The summed E-state index contributed by atoms with van der Waals surface area (Å²) in [5.74, 6) is 0. The lowest BCUT2D eigenvalue weighted by atomic mass is 10.2. The van der Waals surface area contributed by atoms with Crippen LogP contribution in [0.5, 0.6) is 0 Å². The van der Waals surface area contributed by atoms with E-state index in [-0.39, 0.29) is 0 Å². The molecule has 0 aromatic rings. The molecule has 128 valence electrons. The molecular formula is C16H37NO3Si. The summed E-state index contributed by atoms with van der Waals surface area (Å²) in [6.07, 6.45) is 9.30. The van der Waals surface area contributed by atoms with Gasteiger partial charge >= 0.3 is 8.97 Å². The van der Waals surface area contributed by atoms with Crippen molar-refractivity contribution in [3.8, 4) is 0 Å². The summed E-state index contributed by atoms with van der Waals surface area (Å²) in [4.78, 5) is 3.49. The van der Waals surface area contributed by atoms with Crippen molar-refractivity contribution in [3.05, 3.63) is 0 Å². The highest BCUT2D eigenvalue weighted by atomic mass is 28.4. The van der Waals surface area contributed by atoms with Gasteiger partial charge in [0.1, 0.15) is 0 Å². The highest BCUT2D eigenvalue weighted by Gasteiger charge is 2.41. The first-order valence-electron chi connectivity index (χ1n) is 8.91. The molecule has 5 heteroatoms. The molecule has 0 bridgehead atoms. The number of hydrogen-bond donors (Lipinski definition) is 1. The second-order valence-electron chi connectivity index (χ2n) is 5.44. The highest BCUT2D eigenvalue weighted by molar-refractivity contribution is 6.57. The van der Waals surface area contributed by atoms with Crippen LogP contribution in [0, 0.1) is 0 Å². The maximum absolute atomic E-state index is 5.99. The molecule has 0 heterocycles. The van der Waals surface area contributed by atoms with Gasteiger partial charge in [0.25, 0.3) is 0 Å². The molecule has 0 saturated carbocycles. The fourth-order valence-corrected chi connectivity index (χ4v) is 4.42. The van der Waals surface area contributed by atoms with Crippen LogP contribution >= 0.6 is 0 Å². The molecule has 0 aliphatic heterocycles. The quantitative estimate of drug-likeness (QED) is 0.341. The van der Waals surface area contributed by atoms with Crippen LogP contribution in [-0.2, 0) is 13.3 Å². The van der Waals surface area contributed by atoms with E-state index in [1.165, 1.54) is 25.7 Å². The maximum atomic E-state index is 5.99. The fourth-order valence-electron chi connectivity index (χ4n) is 1.96. The second-order valence-corrected chi connectivity index (χ2v) is 7.77. The average molecular weight is 320 g/mol. The Morgan fingerprint density at radius 3 is 1.52 bits per heavy atom. The zero-order valence-electron chi connectivity index (χ0n) is 14.7. The first kappa shape index (κ1) is 21.1. The smallest absolute Gasteiger partial charge is 0.361 e. The van der Waals surface area contributed by atoms with Gasteiger partial charge < -0.3 is 13.3 Å². The molecule has 0 unspecified atom stereocenters. The van der Waals surface area contributed by atoms with Crippen molar-refractivity contribution in [1.29, 1.82) is 0 Å². The zero-order chi connectivity index (χ0) is 15.8. The van der Waals surface area contributed by atoms with Crippen LogP contribution in [0.3, 0.4) is 0 Å². The third kappa shape index (κ3) is 11.3. The van der Waals surface area contributed by atoms with Crippen LogP contribution < -0.4 is 4.98 Å². The summed E-state index contributed by atoms with van der Waals surface area (Å²) in [5.41, 5.74) is 0. The van der Waals surface area contributed by atoms with E-state index in [1.807, 2.05) is 0 Å². The van der Waals surface area contributed by atoms with Crippen molar-refractivity contribution in [1.82, 2.24) is 4.98 Å². The van der Waals surface area contributed by atoms with E-state index in [1.54, 1.807) is 0 Å². The van der Waals surface area contributed by atoms with Gasteiger partial charge in [-0.15, -0.1) is 0 Å². The van der Waals surface area contributed by atoms with Crippen LogP contribution in [0.2, 0.25) is 0 Å². The normalized spacial score (nSPS) is 12.0. The van der Waals surface area contributed by atoms with E-state index in [2.05, 4.69) is 32.7 Å². The Balaban J connectivity index is 4.28. The summed E-state index contributed by atoms with van der Waals surface area (Å²) in [7, 11) is -2.68. The lowest BCUT2D eigenvalue weighted by Crippen LogP contribution is -2.59. The summed E-state index contributed by atoms with van der Waals surface area (Å²) in [5, 5.41) is 0. The third-order valence-corrected chi connectivity index (χ3v) is 5.55. The van der Waals surface area contributed by atoms with E-state index >= 15 is 0 Å². The minimum atomic E-state index is -2.68. The Hall–Kier alpha value is 0.0569. The van der Waals surface area contributed by atoms with Gasteiger partial charge in [-0.25, -0.2) is 0 Å². The van der Waals surface area contributed by atoms with Crippen molar-refractivity contribution in [3.63, 3.8) is 0 Å². The van der Waals surface area contributed by atoms with Crippen molar-refractivity contribution >= 4 is 8.97 Å². The predicted molar refractivity (Wildman–Crippen MR) is 91.2 cm³/mol. The first-order valence-corrected chi connectivity index (χ1v) is 10.6. The predicted octanol–water partition coefficient (Wildman–Crippen LogP) is 4.26. The molecule has 1 N–H and O–H groups in total. The monoisotopic (exact) mass is 319 g/mol. The molecule has 0 radical (unpaired) electrons. The summed E-state index contributed by atoms with van der Waals surface area (Å²) in [6.45, 7) is 11.6. The lowest BCUT2D eigenvalue weighted by molar-refractivity contribution is 0.0483. The van der Waals surface area contributed by atoms with E-state index in [0.29, 0.717) is 19.8 Å². The Morgan fingerprint density at radius 1 is 0.619 bits per heavy atom. The van der Waals surface area contributed by atoms with Gasteiger partial charge in [0.05, 0.1) is 0 Å². The van der Waals surface area contributed by atoms with Crippen LogP contribution in [0.15, 0.2) is 0 Å². The van der Waals surface area contributed by atoms with Crippen LogP contribution in [0.4, 0.5) is 0 Å². The molecule has 0 atom stereocenters. The highest BCUT2D eigenvalue weighted by Crippen LogP contribution is 2.10. The zero-order valence-corrected chi connectivity index (χ0v) is 15.7. The molecule has 21 heavy (non-hydrogen) atoms. The molecule has 0 amide bonds. The van der Waals surface area contributed by atoms with E-state index in [4.69, 9.17) is 13.3 Å². The summed E-state index contributed by atoms with van der Waals surface area (Å²) < 4.78 is 18.0. The van der Waals surface area contributed by atoms with Crippen molar-refractivity contribution < 1.29 is 13.3 Å². The van der Waals surface area contributed by atoms with Crippen molar-refractivity contribution in [2.75, 3.05) is 26.4 Å². The molecule has 0 spiro atoms. The van der Waals surface area contributed by atoms with Crippen molar-refractivity contribution in [2.24, 2.45) is 0 Å². The second kappa shape index (κ2) is 15.0. The van der Waals surface area contributed by atoms with Gasteiger partial charge in [0.2, 0.25) is 0 Å². The Morgan fingerprint density at radius 2 is 1.10 bits per heavy atom. The Labute approximate surface area is 133 Å². The minimum Gasteiger partial charge on any atom is -0.361 e. The molecule has 4 nitrogen and oxygen atoms in total. The first-order chi connectivity index (χ1) is 10.2. The van der Waals surface area contributed by atoms with Gasteiger partial charge in [-0.2, -0.15) is 0 Å². The van der Waals surface area contributed by atoms with Crippen molar-refractivity contribution in [2.45, 2.75) is 79.1 Å². The number of rotatable bonds is 16. The maximum Gasteiger partial charge on any atom is 0.596 e. The molecule has 0 aromatic carbocycles. The summed E-state index contributed by atoms with van der Waals surface area (Å²) in [6, 6.07) is 0. The SMILES string of the molecule is CCCCCCCN[Si](OCCC)(OCCC)OCCC. The van der Waals surface area contributed by atoms with E-state index in [9.17, 15) is 0 Å². The molecular weight excluding hydrogens is 282 g/mol. The Kier molecular flexibility index (Phi) is 15.0. The van der Waals surface area contributed by atoms with Gasteiger partial charge in [0.15, 0.2) is 0 Å². The van der Waals surface area contributed by atoms with Gasteiger partial charge in [-0.1, -0.05) is 53.4 Å². The Bertz CT molecular complexity index is 196. The average Bonchev–Trinajstić information content (AvgIpc) is 2.51. The molecule has 0 aromatic heterocycles. The van der Waals surface area contributed by atoms with E-state index < -0.39 is 8.97 Å². The van der Waals surface area contributed by atoms with Gasteiger partial charge in [-0.05, 0) is 32.2 Å². The number of unbranched alkanes of at least 4 members (excludes halogenated alkanes) is 4. The fraction of sp³-hybridized carbons (Fsp3) is 1.00. The molecule has 0 rings (SSSR count). The molecule has 0 aliphatic rings. The molecule has 0 fully saturated rings. The number of hydrogen-bond acceptors (Lipinski definition) is 4. The summed E-state index contributed by atoms with van der Waals surface area (Å²) >= 11 is 0. The third-order valence-electron chi connectivity index (χ3n) is 3.11. The van der Waals surface area contributed by atoms with E-state index in [0.717, 1.165) is 32.2 Å². The number of nitrogens with one attached hydrogen (secondary N) is 1. The van der Waals surface area contributed by atoms with Crippen LogP contribution in [-0.4, -0.2) is 35.3 Å². The molecule has 0 saturated heterocycles. The lowest BCUT2D eigenvalue weighted by Gasteiger charge is -2.29. The minimum absolute atomic E-state index is 0.697. The largest absolute Gasteiger partial charge is 0.596 e. The van der Waals surface area contributed by atoms with Crippen LogP contribution in [0.1, 0.15) is 79.1 Å². The molecule has 0 aliphatic carbocycles. The van der Waals surface area contributed by atoms with Gasteiger partial charge in [0, 0.05) is 19.8 Å². The topological polar surface area (TPSA) is 39.7 Å². The van der Waals surface area contributed by atoms with Crippen LogP contribution in [0.25, 0.3) is 0 Å². The standard InChI is InChI=1S/C16H37NO3Si/c1-5-9-10-11-12-13-17-21(18-14-6-2,19-15-7-3)20-16-8-4/h17H,5-16H2,1-4H3. The van der Waals surface area contributed by atoms with Gasteiger partial charge in [-0.3, -0.25) is 4.98 Å².